The van der Waals surface area contributed by atoms with Crippen molar-refractivity contribution in [2.75, 3.05) is 14.2 Å². The van der Waals surface area contributed by atoms with Crippen LogP contribution in [0.4, 0.5) is 0 Å². The molecule has 0 aliphatic carbocycles. The monoisotopic (exact) mass is 172 g/mol. The van der Waals surface area contributed by atoms with E-state index in [1.807, 2.05) is 0 Å². The second-order valence-corrected chi connectivity index (χ2v) is 2.98. The molecular weight excluding hydrogens is 156 g/mol. The van der Waals surface area contributed by atoms with E-state index >= 15 is 0 Å². The molecule has 12 heavy (non-hydrogen) atoms. The van der Waals surface area contributed by atoms with Gasteiger partial charge in [-0.1, -0.05) is 0 Å². The third-order valence-electron chi connectivity index (χ3n) is 1.62. The molecule has 0 spiro atoms. The quantitative estimate of drug-likeness (QED) is 0.491. The molecule has 0 radical (unpaired) electrons. The maximum atomic E-state index is 9.64. The summed E-state index contributed by atoms with van der Waals surface area (Å²) in [5.74, 6) is 2.40. The van der Waals surface area contributed by atoms with Crippen LogP contribution in [-0.2, 0) is 9.47 Å². The van der Waals surface area contributed by atoms with E-state index < -0.39 is 11.9 Å². The van der Waals surface area contributed by atoms with Gasteiger partial charge < -0.3 is 14.6 Å². The number of hydrogen-bond donors (Lipinski definition) is 1. The molecule has 0 fully saturated rings. The SMILES string of the molecule is C#CCC(C)(O)CC(OC)OC. The number of terminal acetylenes is 1. The molecule has 0 heterocycles. The van der Waals surface area contributed by atoms with Crippen LogP contribution < -0.4 is 0 Å². The number of aliphatic hydroxyl groups is 1. The average molecular weight is 172 g/mol. The molecule has 0 aromatic rings. The number of rotatable bonds is 5. The van der Waals surface area contributed by atoms with Crippen LogP contribution in [0.5, 0.6) is 0 Å². The Bertz CT molecular complexity index is 154. The lowest BCUT2D eigenvalue weighted by Crippen LogP contribution is -2.31. The van der Waals surface area contributed by atoms with Gasteiger partial charge in [0.25, 0.3) is 0 Å². The van der Waals surface area contributed by atoms with Crippen LogP contribution in [0.25, 0.3) is 0 Å². The fourth-order valence-electron chi connectivity index (χ4n) is 0.914. The lowest BCUT2D eigenvalue weighted by molar-refractivity contribution is -0.139. The minimum Gasteiger partial charge on any atom is -0.389 e. The Balaban J connectivity index is 3.95. The van der Waals surface area contributed by atoms with Crippen molar-refractivity contribution in [3.8, 4) is 12.3 Å². The molecule has 0 saturated heterocycles. The lowest BCUT2D eigenvalue weighted by atomic mass is 9.98. The van der Waals surface area contributed by atoms with E-state index in [1.165, 1.54) is 14.2 Å². The topological polar surface area (TPSA) is 38.7 Å². The van der Waals surface area contributed by atoms with E-state index in [9.17, 15) is 5.11 Å². The van der Waals surface area contributed by atoms with Crippen molar-refractivity contribution in [3.05, 3.63) is 0 Å². The van der Waals surface area contributed by atoms with E-state index in [-0.39, 0.29) is 0 Å². The molecule has 0 saturated carbocycles. The van der Waals surface area contributed by atoms with Crippen molar-refractivity contribution in [1.29, 1.82) is 0 Å². The summed E-state index contributed by atoms with van der Waals surface area (Å²) in [6.07, 6.45) is 5.37. The van der Waals surface area contributed by atoms with Crippen LogP contribution in [-0.4, -0.2) is 31.2 Å². The fourth-order valence-corrected chi connectivity index (χ4v) is 0.914. The third-order valence-corrected chi connectivity index (χ3v) is 1.62. The first-order valence-electron chi connectivity index (χ1n) is 3.77. The van der Waals surface area contributed by atoms with E-state index in [1.54, 1.807) is 6.92 Å². The van der Waals surface area contributed by atoms with E-state index in [0.717, 1.165) is 0 Å². The third kappa shape index (κ3) is 4.35. The van der Waals surface area contributed by atoms with Gasteiger partial charge in [-0.25, -0.2) is 0 Å². The summed E-state index contributed by atoms with van der Waals surface area (Å²) in [4.78, 5) is 0. The minimum absolute atomic E-state index is 0.302. The maximum Gasteiger partial charge on any atom is 0.159 e. The minimum atomic E-state index is -0.911. The van der Waals surface area contributed by atoms with Gasteiger partial charge in [-0.3, -0.25) is 0 Å². The number of hydrogen-bond acceptors (Lipinski definition) is 3. The zero-order valence-electron chi connectivity index (χ0n) is 7.83. The first kappa shape index (κ1) is 11.4. The van der Waals surface area contributed by atoms with Crippen LogP contribution in [0.3, 0.4) is 0 Å². The van der Waals surface area contributed by atoms with E-state index in [4.69, 9.17) is 15.9 Å². The fraction of sp³-hybridized carbons (Fsp3) is 0.778. The molecule has 0 aliphatic heterocycles. The molecule has 0 aromatic heterocycles. The van der Waals surface area contributed by atoms with E-state index in [2.05, 4.69) is 5.92 Å². The van der Waals surface area contributed by atoms with Crippen LogP contribution in [0.15, 0.2) is 0 Å². The summed E-state index contributed by atoms with van der Waals surface area (Å²) in [5, 5.41) is 9.64. The summed E-state index contributed by atoms with van der Waals surface area (Å²) in [5.41, 5.74) is -0.911. The standard InChI is InChI=1S/C9H16O3/c1-5-6-9(2,10)7-8(11-3)12-4/h1,8,10H,6-7H2,2-4H3. The van der Waals surface area contributed by atoms with E-state index in [0.29, 0.717) is 12.8 Å². The predicted octanol–water partition coefficient (Wildman–Crippen LogP) is 0.770. The van der Waals surface area contributed by atoms with Crippen LogP contribution in [0.2, 0.25) is 0 Å². The van der Waals surface area contributed by atoms with Gasteiger partial charge in [0.1, 0.15) is 0 Å². The molecule has 0 aromatic carbocycles. The van der Waals surface area contributed by atoms with Crippen LogP contribution >= 0.6 is 0 Å². The average Bonchev–Trinajstić information content (AvgIpc) is 2.00. The first-order chi connectivity index (χ1) is 5.55. The van der Waals surface area contributed by atoms with Crippen LogP contribution in [0, 0.1) is 12.3 Å². The molecule has 1 unspecified atom stereocenters. The van der Waals surface area contributed by atoms with Crippen molar-refractivity contribution in [2.24, 2.45) is 0 Å². The summed E-state index contributed by atoms with van der Waals surface area (Å²) < 4.78 is 9.86. The summed E-state index contributed by atoms with van der Waals surface area (Å²) in [6, 6.07) is 0. The van der Waals surface area contributed by atoms with Crippen LogP contribution in [0.1, 0.15) is 19.8 Å². The molecule has 0 bridgehead atoms. The van der Waals surface area contributed by atoms with Gasteiger partial charge in [-0.05, 0) is 6.92 Å². The van der Waals surface area contributed by atoms with Gasteiger partial charge in [0.15, 0.2) is 6.29 Å². The Morgan fingerprint density at radius 3 is 2.33 bits per heavy atom. The van der Waals surface area contributed by atoms with Gasteiger partial charge in [-0.15, -0.1) is 12.3 Å². The highest BCUT2D eigenvalue weighted by Gasteiger charge is 2.24. The Hall–Kier alpha value is -0.560. The Labute approximate surface area is 73.7 Å². The molecule has 0 amide bonds. The second kappa shape index (κ2) is 5.15. The molecule has 1 atom stereocenters. The molecule has 0 aliphatic rings. The molecule has 70 valence electrons. The lowest BCUT2D eigenvalue weighted by Gasteiger charge is -2.24. The Morgan fingerprint density at radius 2 is 2.00 bits per heavy atom. The zero-order valence-corrected chi connectivity index (χ0v) is 7.83. The van der Waals surface area contributed by atoms with Gasteiger partial charge in [-0.2, -0.15) is 0 Å². The Morgan fingerprint density at radius 1 is 1.50 bits per heavy atom. The summed E-state index contributed by atoms with van der Waals surface area (Å²) in [7, 11) is 3.06. The Kier molecular flexibility index (Phi) is 4.91. The van der Waals surface area contributed by atoms with Crippen molar-refractivity contribution in [1.82, 2.24) is 0 Å². The number of ether oxygens (including phenoxy) is 2. The van der Waals surface area contributed by atoms with Crippen molar-refractivity contribution in [3.63, 3.8) is 0 Å². The molecule has 3 nitrogen and oxygen atoms in total. The molecule has 3 heteroatoms. The highest BCUT2D eigenvalue weighted by Crippen LogP contribution is 2.17. The van der Waals surface area contributed by atoms with Gasteiger partial charge in [0, 0.05) is 27.1 Å². The van der Waals surface area contributed by atoms with Gasteiger partial charge >= 0.3 is 0 Å². The molecular formula is C9H16O3. The second-order valence-electron chi connectivity index (χ2n) is 2.98. The maximum absolute atomic E-state index is 9.64. The summed E-state index contributed by atoms with van der Waals surface area (Å²) in [6.45, 7) is 1.66. The smallest absolute Gasteiger partial charge is 0.159 e. The number of methoxy groups -OCH3 is 2. The molecule has 0 rings (SSSR count). The van der Waals surface area contributed by atoms with Gasteiger partial charge in [0.05, 0.1) is 5.60 Å². The van der Waals surface area contributed by atoms with Crippen molar-refractivity contribution < 1.29 is 14.6 Å². The first-order valence-corrected chi connectivity index (χ1v) is 3.77. The zero-order chi connectivity index (χ0) is 9.61. The highest BCUT2D eigenvalue weighted by molar-refractivity contribution is 4.93. The van der Waals surface area contributed by atoms with Crippen molar-refractivity contribution in [2.45, 2.75) is 31.7 Å². The highest BCUT2D eigenvalue weighted by atomic mass is 16.7. The van der Waals surface area contributed by atoms with Gasteiger partial charge in [0.2, 0.25) is 0 Å². The molecule has 1 N–H and O–H groups in total. The van der Waals surface area contributed by atoms with Crippen molar-refractivity contribution >= 4 is 0 Å². The largest absolute Gasteiger partial charge is 0.389 e. The normalized spacial score (nSPS) is 15.7. The summed E-state index contributed by atoms with van der Waals surface area (Å²) >= 11 is 0. The predicted molar refractivity (Wildman–Crippen MR) is 46.5 cm³/mol.